The molecule has 2 nitrogen and oxygen atoms in total. The van der Waals surface area contributed by atoms with Gasteiger partial charge in [-0.1, -0.05) is 38.2 Å². The average molecular weight is 242 g/mol. The van der Waals surface area contributed by atoms with E-state index < -0.39 is 0 Å². The third-order valence-electron chi connectivity index (χ3n) is 3.93. The van der Waals surface area contributed by atoms with Crippen molar-refractivity contribution in [1.29, 1.82) is 0 Å². The predicted octanol–water partition coefficient (Wildman–Crippen LogP) is 3.31. The van der Waals surface area contributed by atoms with Crippen LogP contribution in [0.4, 0.5) is 0 Å². The molecule has 94 valence electrons. The molecule has 0 aliphatic heterocycles. The lowest BCUT2D eigenvalue weighted by molar-refractivity contribution is -0.114. The molecule has 0 N–H and O–H groups in total. The second-order valence-electron chi connectivity index (χ2n) is 5.01. The Morgan fingerprint density at radius 1 is 0.944 bits per heavy atom. The zero-order chi connectivity index (χ0) is 13.2. The molecule has 0 saturated heterocycles. The molecular formula is C16H18O2. The van der Waals surface area contributed by atoms with Gasteiger partial charge in [0.1, 0.15) is 0 Å². The summed E-state index contributed by atoms with van der Waals surface area (Å²) in [6.07, 6.45) is 13.1. The van der Waals surface area contributed by atoms with Crippen molar-refractivity contribution in [3.05, 3.63) is 47.6 Å². The van der Waals surface area contributed by atoms with Gasteiger partial charge in [0.2, 0.25) is 0 Å². The van der Waals surface area contributed by atoms with Crippen LogP contribution in [0.15, 0.2) is 47.6 Å². The topological polar surface area (TPSA) is 34.1 Å². The van der Waals surface area contributed by atoms with Gasteiger partial charge >= 0.3 is 0 Å². The molecule has 0 saturated carbocycles. The highest BCUT2D eigenvalue weighted by molar-refractivity contribution is 5.93. The molecule has 0 radical (unpaired) electrons. The van der Waals surface area contributed by atoms with Crippen LogP contribution in [0, 0.1) is 5.41 Å². The van der Waals surface area contributed by atoms with E-state index in [9.17, 15) is 9.59 Å². The van der Waals surface area contributed by atoms with Crippen molar-refractivity contribution in [2.24, 2.45) is 5.41 Å². The van der Waals surface area contributed by atoms with Gasteiger partial charge in [0.05, 0.1) is 0 Å². The first kappa shape index (κ1) is 12.7. The van der Waals surface area contributed by atoms with Crippen LogP contribution in [0.5, 0.6) is 0 Å². The second-order valence-corrected chi connectivity index (χ2v) is 5.01. The van der Waals surface area contributed by atoms with Crippen LogP contribution in [-0.4, -0.2) is 11.6 Å². The monoisotopic (exact) mass is 242 g/mol. The smallest absolute Gasteiger partial charge is 0.159 e. The quantitative estimate of drug-likeness (QED) is 0.760. The van der Waals surface area contributed by atoms with Crippen molar-refractivity contribution in [3.8, 4) is 0 Å². The highest BCUT2D eigenvalue weighted by atomic mass is 16.1. The highest BCUT2D eigenvalue weighted by Crippen LogP contribution is 2.42. The molecule has 2 aliphatic carbocycles. The Bertz CT molecular complexity index is 459. The Balaban J connectivity index is 2.32. The average Bonchev–Trinajstić information content (AvgIpc) is 2.39. The molecule has 0 aromatic heterocycles. The summed E-state index contributed by atoms with van der Waals surface area (Å²) in [6.45, 7) is 4.31. The fourth-order valence-corrected chi connectivity index (χ4v) is 2.45. The predicted molar refractivity (Wildman–Crippen MR) is 72.1 cm³/mol. The van der Waals surface area contributed by atoms with Gasteiger partial charge in [-0.05, 0) is 29.7 Å². The minimum absolute atomic E-state index is 0.103. The standard InChI is InChI=1S/C16H18O2/c1-3-16(2,12-4-8-14(17)9-5-12)13-6-10-15(18)11-7-13/h4-8,10H,3,9,11H2,1-2H3. The van der Waals surface area contributed by atoms with Gasteiger partial charge in [0, 0.05) is 18.3 Å². The van der Waals surface area contributed by atoms with E-state index in [0.29, 0.717) is 12.8 Å². The number of hydrogen-bond acceptors (Lipinski definition) is 2. The first-order valence-corrected chi connectivity index (χ1v) is 6.39. The normalized spacial score (nSPS) is 19.9. The van der Waals surface area contributed by atoms with Crippen LogP contribution >= 0.6 is 0 Å². The summed E-state index contributed by atoms with van der Waals surface area (Å²) in [5.41, 5.74) is 2.25. The van der Waals surface area contributed by atoms with E-state index in [1.165, 1.54) is 11.1 Å². The number of hydrogen-bond donors (Lipinski definition) is 0. The van der Waals surface area contributed by atoms with E-state index >= 15 is 0 Å². The van der Waals surface area contributed by atoms with Gasteiger partial charge in [0.25, 0.3) is 0 Å². The van der Waals surface area contributed by atoms with Crippen LogP contribution in [-0.2, 0) is 9.59 Å². The summed E-state index contributed by atoms with van der Waals surface area (Å²) >= 11 is 0. The van der Waals surface area contributed by atoms with Crippen molar-refractivity contribution in [2.75, 3.05) is 0 Å². The Labute approximate surface area is 108 Å². The summed E-state index contributed by atoms with van der Waals surface area (Å²) < 4.78 is 0. The number of ketones is 2. The van der Waals surface area contributed by atoms with Crippen LogP contribution in [0.3, 0.4) is 0 Å². The van der Waals surface area contributed by atoms with Crippen molar-refractivity contribution in [3.63, 3.8) is 0 Å². The Hall–Kier alpha value is -1.70. The number of carbonyl (C=O) groups is 2. The number of carbonyl (C=O) groups excluding carboxylic acids is 2. The van der Waals surface area contributed by atoms with Gasteiger partial charge in [0.15, 0.2) is 11.6 Å². The molecule has 0 atom stereocenters. The van der Waals surface area contributed by atoms with Crippen molar-refractivity contribution < 1.29 is 9.59 Å². The van der Waals surface area contributed by atoms with Crippen molar-refractivity contribution in [1.82, 2.24) is 0 Å². The van der Waals surface area contributed by atoms with E-state index in [0.717, 1.165) is 6.42 Å². The molecule has 2 heteroatoms. The van der Waals surface area contributed by atoms with E-state index in [1.54, 1.807) is 12.2 Å². The highest BCUT2D eigenvalue weighted by Gasteiger charge is 2.30. The molecule has 0 unspecified atom stereocenters. The largest absolute Gasteiger partial charge is 0.295 e. The zero-order valence-corrected chi connectivity index (χ0v) is 10.9. The molecule has 0 heterocycles. The molecule has 18 heavy (non-hydrogen) atoms. The number of rotatable bonds is 3. The fourth-order valence-electron chi connectivity index (χ4n) is 2.45. The van der Waals surface area contributed by atoms with E-state index in [2.05, 4.69) is 13.8 Å². The maximum atomic E-state index is 11.2. The maximum Gasteiger partial charge on any atom is 0.159 e. The lowest BCUT2D eigenvalue weighted by Gasteiger charge is -2.33. The Morgan fingerprint density at radius 3 is 1.67 bits per heavy atom. The zero-order valence-electron chi connectivity index (χ0n) is 10.9. The molecule has 0 aromatic rings. The van der Waals surface area contributed by atoms with Crippen LogP contribution < -0.4 is 0 Å². The van der Waals surface area contributed by atoms with E-state index in [-0.39, 0.29) is 17.0 Å². The van der Waals surface area contributed by atoms with Gasteiger partial charge in [-0.2, -0.15) is 0 Å². The minimum Gasteiger partial charge on any atom is -0.295 e. The molecule has 0 fully saturated rings. The summed E-state index contributed by atoms with van der Waals surface area (Å²) in [4.78, 5) is 22.5. The Kier molecular flexibility index (Phi) is 3.46. The lowest BCUT2D eigenvalue weighted by atomic mass is 9.70. The first-order valence-electron chi connectivity index (χ1n) is 6.39. The van der Waals surface area contributed by atoms with Crippen LogP contribution in [0.25, 0.3) is 0 Å². The number of allylic oxidation sites excluding steroid dienone is 8. The summed E-state index contributed by atoms with van der Waals surface area (Å²) in [7, 11) is 0. The van der Waals surface area contributed by atoms with E-state index in [4.69, 9.17) is 0 Å². The minimum atomic E-state index is -0.103. The van der Waals surface area contributed by atoms with Gasteiger partial charge in [-0.3, -0.25) is 9.59 Å². The van der Waals surface area contributed by atoms with E-state index in [1.807, 2.05) is 24.3 Å². The Morgan fingerprint density at radius 2 is 1.39 bits per heavy atom. The lowest BCUT2D eigenvalue weighted by Crippen LogP contribution is -2.22. The summed E-state index contributed by atoms with van der Waals surface area (Å²) in [6, 6.07) is 0. The first-order chi connectivity index (χ1) is 8.56. The summed E-state index contributed by atoms with van der Waals surface area (Å²) in [5.74, 6) is 0.307. The molecule has 0 bridgehead atoms. The molecule has 2 rings (SSSR count). The molecule has 2 aliphatic rings. The fraction of sp³-hybridized carbons (Fsp3) is 0.375. The second kappa shape index (κ2) is 4.89. The third kappa shape index (κ3) is 2.28. The van der Waals surface area contributed by atoms with Gasteiger partial charge < -0.3 is 0 Å². The summed E-state index contributed by atoms with van der Waals surface area (Å²) in [5, 5.41) is 0. The third-order valence-corrected chi connectivity index (χ3v) is 3.93. The molecular weight excluding hydrogens is 224 g/mol. The molecule has 0 spiro atoms. The van der Waals surface area contributed by atoms with Crippen molar-refractivity contribution in [2.45, 2.75) is 33.1 Å². The SMILES string of the molecule is CCC(C)(C1=CCC(=O)C=C1)C1=CCC(=O)C=C1. The van der Waals surface area contributed by atoms with Gasteiger partial charge in [-0.15, -0.1) is 0 Å². The molecule has 0 aromatic carbocycles. The maximum absolute atomic E-state index is 11.2. The van der Waals surface area contributed by atoms with Crippen LogP contribution in [0.2, 0.25) is 0 Å². The molecule has 0 amide bonds. The van der Waals surface area contributed by atoms with Crippen molar-refractivity contribution >= 4 is 11.6 Å². The van der Waals surface area contributed by atoms with Crippen LogP contribution in [0.1, 0.15) is 33.1 Å². The van der Waals surface area contributed by atoms with Gasteiger partial charge in [-0.25, -0.2) is 0 Å².